The second-order valence-electron chi connectivity index (χ2n) is 4.23. The fourth-order valence-corrected chi connectivity index (χ4v) is 2.25. The predicted molar refractivity (Wildman–Crippen MR) is 66.3 cm³/mol. The van der Waals surface area contributed by atoms with Gasteiger partial charge in [0.1, 0.15) is 5.65 Å². The van der Waals surface area contributed by atoms with Crippen molar-refractivity contribution in [3.63, 3.8) is 0 Å². The maximum atomic E-state index is 5.94. The Morgan fingerprint density at radius 1 is 1.24 bits per heavy atom. The quantitative estimate of drug-likeness (QED) is 0.816. The highest BCUT2D eigenvalue weighted by Crippen LogP contribution is 2.13. The van der Waals surface area contributed by atoms with E-state index in [2.05, 4.69) is 9.88 Å². The van der Waals surface area contributed by atoms with Crippen LogP contribution in [-0.2, 0) is 11.3 Å². The molecule has 17 heavy (non-hydrogen) atoms. The van der Waals surface area contributed by atoms with Crippen LogP contribution in [0.15, 0.2) is 24.5 Å². The topological polar surface area (TPSA) is 29.8 Å². The molecular weight excluding hydrogens is 238 g/mol. The van der Waals surface area contributed by atoms with E-state index in [0.717, 1.165) is 49.2 Å². The Kier molecular flexibility index (Phi) is 3.01. The van der Waals surface area contributed by atoms with E-state index in [4.69, 9.17) is 16.3 Å². The molecule has 4 nitrogen and oxygen atoms in total. The van der Waals surface area contributed by atoms with Crippen molar-refractivity contribution in [2.24, 2.45) is 0 Å². The molecule has 0 unspecified atom stereocenters. The lowest BCUT2D eigenvalue weighted by molar-refractivity contribution is 0.0337. The van der Waals surface area contributed by atoms with Crippen LogP contribution in [0.2, 0.25) is 5.02 Å². The van der Waals surface area contributed by atoms with E-state index >= 15 is 0 Å². The molecule has 0 radical (unpaired) electrons. The maximum absolute atomic E-state index is 5.94. The summed E-state index contributed by atoms with van der Waals surface area (Å²) in [7, 11) is 0. The summed E-state index contributed by atoms with van der Waals surface area (Å²) < 4.78 is 7.30. The summed E-state index contributed by atoms with van der Waals surface area (Å²) in [6, 6.07) is 3.80. The molecule has 0 amide bonds. The number of halogens is 1. The lowest BCUT2D eigenvalue weighted by Crippen LogP contribution is -2.35. The van der Waals surface area contributed by atoms with Gasteiger partial charge in [-0.25, -0.2) is 4.98 Å². The van der Waals surface area contributed by atoms with E-state index in [9.17, 15) is 0 Å². The van der Waals surface area contributed by atoms with Gasteiger partial charge in [-0.2, -0.15) is 0 Å². The first-order valence-electron chi connectivity index (χ1n) is 5.74. The van der Waals surface area contributed by atoms with E-state index in [1.54, 1.807) is 0 Å². The van der Waals surface area contributed by atoms with Gasteiger partial charge in [0, 0.05) is 32.0 Å². The van der Waals surface area contributed by atoms with Gasteiger partial charge in [0.2, 0.25) is 0 Å². The summed E-state index contributed by atoms with van der Waals surface area (Å²) in [5.74, 6) is 0. The van der Waals surface area contributed by atoms with Crippen molar-refractivity contribution in [3.05, 3.63) is 35.2 Å². The number of nitrogens with zero attached hydrogens (tertiary/aromatic N) is 3. The molecule has 1 saturated heterocycles. The molecule has 2 aromatic rings. The maximum Gasteiger partial charge on any atom is 0.137 e. The molecule has 2 aromatic heterocycles. The molecule has 1 aliphatic heterocycles. The Labute approximate surface area is 105 Å². The molecule has 3 rings (SSSR count). The summed E-state index contributed by atoms with van der Waals surface area (Å²) in [4.78, 5) is 6.92. The standard InChI is InChI=1S/C12H14ClN3O/c13-10-1-2-12-14-11(9-16(12)7-10)8-15-3-5-17-6-4-15/h1-2,7,9H,3-6,8H2. The smallest absolute Gasteiger partial charge is 0.137 e. The lowest BCUT2D eigenvalue weighted by atomic mass is 10.3. The SMILES string of the molecule is Clc1ccc2nc(CN3CCOCC3)cn2c1. The number of morpholine rings is 1. The van der Waals surface area contributed by atoms with Gasteiger partial charge in [0.15, 0.2) is 0 Å². The summed E-state index contributed by atoms with van der Waals surface area (Å²) in [6.07, 6.45) is 3.92. The zero-order chi connectivity index (χ0) is 11.7. The lowest BCUT2D eigenvalue weighted by Gasteiger charge is -2.25. The number of pyridine rings is 1. The minimum Gasteiger partial charge on any atom is -0.379 e. The van der Waals surface area contributed by atoms with E-state index in [0.29, 0.717) is 0 Å². The molecule has 0 aliphatic carbocycles. The Morgan fingerprint density at radius 3 is 2.88 bits per heavy atom. The molecule has 0 aromatic carbocycles. The number of aromatic nitrogens is 2. The third-order valence-electron chi connectivity index (χ3n) is 2.95. The van der Waals surface area contributed by atoms with Crippen LogP contribution in [0.5, 0.6) is 0 Å². The normalized spacial score (nSPS) is 17.7. The summed E-state index contributed by atoms with van der Waals surface area (Å²) in [5, 5.41) is 0.729. The zero-order valence-corrected chi connectivity index (χ0v) is 10.2. The number of ether oxygens (including phenoxy) is 1. The first-order chi connectivity index (χ1) is 8.31. The summed E-state index contributed by atoms with van der Waals surface area (Å²) in [6.45, 7) is 4.48. The van der Waals surface area contributed by atoms with Crippen LogP contribution in [0.25, 0.3) is 5.65 Å². The summed E-state index contributed by atoms with van der Waals surface area (Å²) >= 11 is 5.94. The number of imidazole rings is 1. The second kappa shape index (κ2) is 4.64. The largest absolute Gasteiger partial charge is 0.379 e. The van der Waals surface area contributed by atoms with Crippen molar-refractivity contribution in [2.75, 3.05) is 26.3 Å². The average molecular weight is 252 g/mol. The molecule has 90 valence electrons. The van der Waals surface area contributed by atoms with Crippen LogP contribution >= 0.6 is 11.6 Å². The third-order valence-corrected chi connectivity index (χ3v) is 3.18. The third kappa shape index (κ3) is 2.44. The molecule has 0 spiro atoms. The Hall–Kier alpha value is -1.10. The van der Waals surface area contributed by atoms with Gasteiger partial charge < -0.3 is 9.14 Å². The molecule has 0 atom stereocenters. The van der Waals surface area contributed by atoms with Crippen LogP contribution < -0.4 is 0 Å². The van der Waals surface area contributed by atoms with E-state index in [1.807, 2.05) is 28.9 Å². The highest BCUT2D eigenvalue weighted by atomic mass is 35.5. The van der Waals surface area contributed by atoms with Crippen LogP contribution in [0.3, 0.4) is 0 Å². The van der Waals surface area contributed by atoms with Gasteiger partial charge in [-0.05, 0) is 12.1 Å². The van der Waals surface area contributed by atoms with Gasteiger partial charge in [-0.15, -0.1) is 0 Å². The fourth-order valence-electron chi connectivity index (χ4n) is 2.08. The molecule has 3 heterocycles. The Balaban J connectivity index is 1.80. The van der Waals surface area contributed by atoms with Gasteiger partial charge >= 0.3 is 0 Å². The van der Waals surface area contributed by atoms with Crippen molar-refractivity contribution < 1.29 is 4.74 Å². The van der Waals surface area contributed by atoms with Crippen molar-refractivity contribution >= 4 is 17.2 Å². The molecule has 1 aliphatic rings. The summed E-state index contributed by atoms with van der Waals surface area (Å²) in [5.41, 5.74) is 2.02. The van der Waals surface area contributed by atoms with Gasteiger partial charge in [-0.3, -0.25) is 4.90 Å². The molecule has 1 fully saturated rings. The minimum absolute atomic E-state index is 0.729. The van der Waals surface area contributed by atoms with Crippen molar-refractivity contribution in [1.29, 1.82) is 0 Å². The average Bonchev–Trinajstić information content (AvgIpc) is 2.71. The monoisotopic (exact) mass is 251 g/mol. The zero-order valence-electron chi connectivity index (χ0n) is 9.47. The fraction of sp³-hybridized carbons (Fsp3) is 0.417. The number of fused-ring (bicyclic) bond motifs is 1. The van der Waals surface area contributed by atoms with Gasteiger partial charge in [0.05, 0.1) is 23.9 Å². The van der Waals surface area contributed by atoms with Crippen molar-refractivity contribution in [3.8, 4) is 0 Å². The first-order valence-corrected chi connectivity index (χ1v) is 6.12. The Morgan fingerprint density at radius 2 is 2.06 bits per heavy atom. The predicted octanol–water partition coefficient (Wildman–Crippen LogP) is 1.82. The molecule has 5 heteroatoms. The van der Waals surface area contributed by atoms with Crippen LogP contribution in [0.1, 0.15) is 5.69 Å². The van der Waals surface area contributed by atoms with Crippen LogP contribution in [-0.4, -0.2) is 40.6 Å². The van der Waals surface area contributed by atoms with E-state index in [1.165, 1.54) is 0 Å². The van der Waals surface area contributed by atoms with Crippen molar-refractivity contribution in [1.82, 2.24) is 14.3 Å². The Bertz CT molecular complexity index is 519. The van der Waals surface area contributed by atoms with Crippen LogP contribution in [0, 0.1) is 0 Å². The first kappa shape index (κ1) is 11.0. The van der Waals surface area contributed by atoms with E-state index in [-0.39, 0.29) is 0 Å². The van der Waals surface area contributed by atoms with Gasteiger partial charge in [-0.1, -0.05) is 11.6 Å². The van der Waals surface area contributed by atoms with Crippen molar-refractivity contribution in [2.45, 2.75) is 6.54 Å². The number of hydrogen-bond acceptors (Lipinski definition) is 3. The molecular formula is C12H14ClN3O. The molecule has 0 bridgehead atoms. The van der Waals surface area contributed by atoms with E-state index < -0.39 is 0 Å². The highest BCUT2D eigenvalue weighted by Gasteiger charge is 2.12. The minimum atomic E-state index is 0.729. The number of hydrogen-bond donors (Lipinski definition) is 0. The number of rotatable bonds is 2. The van der Waals surface area contributed by atoms with Gasteiger partial charge in [0.25, 0.3) is 0 Å². The van der Waals surface area contributed by atoms with Crippen LogP contribution in [0.4, 0.5) is 0 Å². The second-order valence-corrected chi connectivity index (χ2v) is 4.67. The molecule has 0 N–H and O–H groups in total. The highest BCUT2D eigenvalue weighted by molar-refractivity contribution is 6.30. The molecule has 0 saturated carbocycles.